The molecule has 1 aromatic carbocycles. The van der Waals surface area contributed by atoms with Crippen molar-refractivity contribution in [3.05, 3.63) is 35.4 Å². The first-order chi connectivity index (χ1) is 7.52. The summed E-state index contributed by atoms with van der Waals surface area (Å²) in [5.74, 6) is -1.67. The molecule has 0 aliphatic rings. The molecule has 1 atom stereocenters. The number of rotatable bonds is 5. The number of hydrogen-bond acceptors (Lipinski definition) is 2. The van der Waals surface area contributed by atoms with Gasteiger partial charge in [-0.05, 0) is 19.4 Å². The summed E-state index contributed by atoms with van der Waals surface area (Å²) in [7, 11) is 0. The lowest BCUT2D eigenvalue weighted by Crippen LogP contribution is -2.44. The third-order valence-electron chi connectivity index (χ3n) is 2.87. The molecule has 0 saturated heterocycles. The lowest BCUT2D eigenvalue weighted by atomic mass is 10.00. The fourth-order valence-electron chi connectivity index (χ4n) is 1.29. The van der Waals surface area contributed by atoms with E-state index >= 15 is 0 Å². The van der Waals surface area contributed by atoms with Gasteiger partial charge in [0.15, 0.2) is 11.6 Å². The molecule has 1 rings (SSSR count). The fourth-order valence-corrected chi connectivity index (χ4v) is 1.29. The van der Waals surface area contributed by atoms with Gasteiger partial charge in [0.25, 0.3) is 0 Å². The van der Waals surface area contributed by atoms with E-state index in [1.807, 2.05) is 13.8 Å². The molecule has 0 aliphatic carbocycles. The van der Waals surface area contributed by atoms with Crippen molar-refractivity contribution in [1.29, 1.82) is 0 Å². The molecule has 4 heteroatoms. The zero-order valence-electron chi connectivity index (χ0n) is 9.56. The van der Waals surface area contributed by atoms with Gasteiger partial charge in [0.2, 0.25) is 0 Å². The highest BCUT2D eigenvalue weighted by Crippen LogP contribution is 2.14. The Kier molecular flexibility index (Phi) is 4.38. The van der Waals surface area contributed by atoms with Crippen LogP contribution in [-0.4, -0.2) is 17.3 Å². The third-order valence-corrected chi connectivity index (χ3v) is 2.87. The quantitative estimate of drug-likeness (QED) is 0.811. The summed E-state index contributed by atoms with van der Waals surface area (Å²) < 4.78 is 26.2. The number of halogens is 2. The van der Waals surface area contributed by atoms with Gasteiger partial charge in [-0.1, -0.05) is 19.1 Å². The first-order valence-corrected chi connectivity index (χ1v) is 5.31. The van der Waals surface area contributed by atoms with Crippen molar-refractivity contribution < 1.29 is 13.9 Å². The predicted molar refractivity (Wildman–Crippen MR) is 59.0 cm³/mol. The highest BCUT2D eigenvalue weighted by Gasteiger charge is 2.20. The van der Waals surface area contributed by atoms with Crippen LogP contribution in [0.1, 0.15) is 25.8 Å². The molecule has 0 spiro atoms. The van der Waals surface area contributed by atoms with E-state index in [2.05, 4.69) is 5.32 Å². The summed E-state index contributed by atoms with van der Waals surface area (Å²) >= 11 is 0. The minimum absolute atomic E-state index is 0.0412. The Labute approximate surface area is 94.3 Å². The summed E-state index contributed by atoms with van der Waals surface area (Å²) in [6.45, 7) is 3.92. The van der Waals surface area contributed by atoms with Gasteiger partial charge >= 0.3 is 0 Å². The molecule has 16 heavy (non-hydrogen) atoms. The molecule has 0 heterocycles. The average molecular weight is 229 g/mol. The number of benzene rings is 1. The topological polar surface area (TPSA) is 32.3 Å². The first kappa shape index (κ1) is 13.1. The molecule has 1 aromatic rings. The maximum Gasteiger partial charge on any atom is 0.163 e. The van der Waals surface area contributed by atoms with Crippen molar-refractivity contribution >= 4 is 0 Å². The van der Waals surface area contributed by atoms with Crippen LogP contribution in [0, 0.1) is 11.6 Å². The molecule has 0 aromatic heterocycles. The Balaban J connectivity index is 2.71. The minimum Gasteiger partial charge on any atom is -0.394 e. The molecular weight excluding hydrogens is 212 g/mol. The zero-order valence-corrected chi connectivity index (χ0v) is 9.56. The number of hydrogen-bond donors (Lipinski definition) is 2. The largest absolute Gasteiger partial charge is 0.394 e. The van der Waals surface area contributed by atoms with Crippen LogP contribution in [0.15, 0.2) is 18.2 Å². The van der Waals surface area contributed by atoms with Gasteiger partial charge in [-0.3, -0.25) is 0 Å². The number of aliphatic hydroxyl groups is 1. The number of nitrogens with one attached hydrogen (secondary N) is 1. The summed E-state index contributed by atoms with van der Waals surface area (Å²) in [6.07, 6.45) is 0.709. The van der Waals surface area contributed by atoms with Crippen molar-refractivity contribution in [2.75, 3.05) is 6.61 Å². The minimum atomic E-state index is -0.846. The molecule has 0 saturated carbocycles. The van der Waals surface area contributed by atoms with Crippen LogP contribution in [0.2, 0.25) is 0 Å². The van der Waals surface area contributed by atoms with Crippen LogP contribution in [0.4, 0.5) is 8.78 Å². The highest BCUT2D eigenvalue weighted by atomic mass is 19.2. The van der Waals surface area contributed by atoms with Crippen molar-refractivity contribution in [1.82, 2.24) is 5.32 Å². The Bertz CT molecular complexity index is 351. The monoisotopic (exact) mass is 229 g/mol. The Morgan fingerprint density at radius 1 is 1.38 bits per heavy atom. The van der Waals surface area contributed by atoms with E-state index in [1.54, 1.807) is 0 Å². The van der Waals surface area contributed by atoms with Crippen molar-refractivity contribution in [3.63, 3.8) is 0 Å². The van der Waals surface area contributed by atoms with Gasteiger partial charge in [-0.25, -0.2) is 8.78 Å². The summed E-state index contributed by atoms with van der Waals surface area (Å²) in [5, 5.41) is 12.2. The van der Waals surface area contributed by atoms with Gasteiger partial charge in [-0.15, -0.1) is 0 Å². The summed E-state index contributed by atoms with van der Waals surface area (Å²) in [4.78, 5) is 0. The highest BCUT2D eigenvalue weighted by molar-refractivity contribution is 5.19. The Hall–Kier alpha value is -1.00. The van der Waals surface area contributed by atoms with E-state index in [4.69, 9.17) is 5.11 Å². The van der Waals surface area contributed by atoms with E-state index in [0.717, 1.165) is 6.07 Å². The van der Waals surface area contributed by atoms with Gasteiger partial charge in [-0.2, -0.15) is 0 Å². The molecule has 0 amide bonds. The second-order valence-electron chi connectivity index (χ2n) is 4.14. The zero-order chi connectivity index (χ0) is 12.2. The molecule has 2 N–H and O–H groups in total. The standard InChI is InChI=1S/C12H17F2NO/c1-3-12(2,8-16)15-7-9-5-4-6-10(13)11(9)14/h4-6,15-16H,3,7-8H2,1-2H3. The lowest BCUT2D eigenvalue weighted by Gasteiger charge is -2.27. The second kappa shape index (κ2) is 5.37. The molecule has 0 fully saturated rings. The SMILES string of the molecule is CCC(C)(CO)NCc1cccc(F)c1F. The molecule has 0 bridgehead atoms. The molecule has 90 valence electrons. The average Bonchev–Trinajstić information content (AvgIpc) is 2.31. The first-order valence-electron chi connectivity index (χ1n) is 5.31. The van der Waals surface area contributed by atoms with Gasteiger partial charge in [0.05, 0.1) is 6.61 Å². The van der Waals surface area contributed by atoms with Crippen LogP contribution in [0.25, 0.3) is 0 Å². The van der Waals surface area contributed by atoms with E-state index in [9.17, 15) is 8.78 Å². The smallest absolute Gasteiger partial charge is 0.163 e. The van der Waals surface area contributed by atoms with Crippen LogP contribution in [0.5, 0.6) is 0 Å². The van der Waals surface area contributed by atoms with Gasteiger partial charge in [0.1, 0.15) is 0 Å². The van der Waals surface area contributed by atoms with Crippen LogP contribution in [0.3, 0.4) is 0 Å². The molecular formula is C12H17F2NO. The normalized spacial score (nSPS) is 14.8. The van der Waals surface area contributed by atoms with E-state index in [0.29, 0.717) is 6.42 Å². The Morgan fingerprint density at radius 3 is 2.62 bits per heavy atom. The summed E-state index contributed by atoms with van der Waals surface area (Å²) in [5.41, 5.74) is -0.188. The second-order valence-corrected chi connectivity index (χ2v) is 4.14. The molecule has 2 nitrogen and oxygen atoms in total. The Morgan fingerprint density at radius 2 is 2.06 bits per heavy atom. The van der Waals surface area contributed by atoms with E-state index in [1.165, 1.54) is 12.1 Å². The van der Waals surface area contributed by atoms with Crippen molar-refractivity contribution in [3.8, 4) is 0 Å². The lowest BCUT2D eigenvalue weighted by molar-refractivity contribution is 0.168. The van der Waals surface area contributed by atoms with Crippen molar-refractivity contribution in [2.24, 2.45) is 0 Å². The maximum atomic E-state index is 13.3. The van der Waals surface area contributed by atoms with Crippen LogP contribution >= 0.6 is 0 Å². The van der Waals surface area contributed by atoms with Gasteiger partial charge < -0.3 is 10.4 Å². The van der Waals surface area contributed by atoms with Crippen LogP contribution in [-0.2, 0) is 6.54 Å². The van der Waals surface area contributed by atoms with E-state index in [-0.39, 0.29) is 18.7 Å². The maximum absolute atomic E-state index is 13.3. The van der Waals surface area contributed by atoms with Crippen molar-refractivity contribution in [2.45, 2.75) is 32.4 Å². The molecule has 0 radical (unpaired) electrons. The molecule has 0 aliphatic heterocycles. The van der Waals surface area contributed by atoms with E-state index < -0.39 is 17.2 Å². The number of aliphatic hydroxyl groups excluding tert-OH is 1. The molecule has 1 unspecified atom stereocenters. The van der Waals surface area contributed by atoms with Gasteiger partial charge in [0, 0.05) is 17.6 Å². The summed E-state index contributed by atoms with van der Waals surface area (Å²) in [6, 6.07) is 4.08. The fraction of sp³-hybridized carbons (Fsp3) is 0.500. The predicted octanol–water partition coefficient (Wildman–Crippen LogP) is 2.22. The third kappa shape index (κ3) is 3.00. The van der Waals surface area contributed by atoms with Crippen LogP contribution < -0.4 is 5.32 Å².